The van der Waals surface area contributed by atoms with Crippen LogP contribution < -0.4 is 0 Å². The molecule has 0 atom stereocenters. The van der Waals surface area contributed by atoms with Crippen LogP contribution in [0, 0.1) is 0 Å². The lowest BCUT2D eigenvalue weighted by Crippen LogP contribution is -2.21. The largest absolute Gasteiger partial charge is 0.297 e. The average molecular weight is 229 g/mol. The van der Waals surface area contributed by atoms with Gasteiger partial charge in [-0.1, -0.05) is 23.7 Å². The fourth-order valence-corrected chi connectivity index (χ4v) is 2.13. The smallest absolute Gasteiger partial charge is 0.158 e. The van der Waals surface area contributed by atoms with Gasteiger partial charge in [-0.3, -0.25) is 4.79 Å². The summed E-state index contributed by atoms with van der Waals surface area (Å²) in [6, 6.07) is 7.47. The summed E-state index contributed by atoms with van der Waals surface area (Å²) in [5.41, 5.74) is 0.763. The lowest BCUT2D eigenvalue weighted by Gasteiger charge is -2.12. The summed E-state index contributed by atoms with van der Waals surface area (Å²) in [5.74, 6) is 0.226. The molecule has 0 aromatic heterocycles. The third-order valence-electron chi connectivity index (χ3n) is 2.80. The molecule has 1 aromatic carbocycles. The molecule has 1 aromatic rings. The number of hydrogen-bond donors (Lipinski definition) is 0. The molecule has 0 heterocycles. The maximum Gasteiger partial charge on any atom is 0.158 e. The van der Waals surface area contributed by atoms with Crippen molar-refractivity contribution in [2.24, 2.45) is 0 Å². The first-order valence-electron chi connectivity index (χ1n) is 4.54. The van der Waals surface area contributed by atoms with E-state index in [9.17, 15) is 4.79 Å². The normalized spacial score (nSPS) is 17.9. The minimum atomic E-state index is -0.285. The summed E-state index contributed by atoms with van der Waals surface area (Å²) in [5, 5.41) is 0.697. The van der Waals surface area contributed by atoms with Crippen LogP contribution in [0.3, 0.4) is 0 Å². The van der Waals surface area contributed by atoms with E-state index < -0.39 is 0 Å². The number of Topliss-reactive ketones (excluding diaryl/α,β-unsaturated/α-hetero) is 1. The third kappa shape index (κ3) is 1.55. The first kappa shape index (κ1) is 10.0. The molecule has 0 radical (unpaired) electrons. The van der Waals surface area contributed by atoms with Gasteiger partial charge >= 0.3 is 0 Å². The van der Waals surface area contributed by atoms with Crippen molar-refractivity contribution in [1.82, 2.24) is 0 Å². The van der Waals surface area contributed by atoms with Crippen LogP contribution in [-0.4, -0.2) is 11.7 Å². The summed E-state index contributed by atoms with van der Waals surface area (Å²) in [6.45, 7) is 0. The molecule has 0 spiro atoms. The van der Waals surface area contributed by atoms with Crippen molar-refractivity contribution in [1.29, 1.82) is 0 Å². The molecule has 3 heteroatoms. The summed E-state index contributed by atoms with van der Waals surface area (Å²) >= 11 is 11.4. The molecular weight excluding hydrogens is 219 g/mol. The molecule has 0 aliphatic heterocycles. The van der Waals surface area contributed by atoms with Gasteiger partial charge in [-0.05, 0) is 30.5 Å². The minimum Gasteiger partial charge on any atom is -0.297 e. The van der Waals surface area contributed by atoms with E-state index in [2.05, 4.69) is 0 Å². The molecule has 0 saturated heterocycles. The van der Waals surface area contributed by atoms with Crippen molar-refractivity contribution in [3.05, 3.63) is 34.9 Å². The predicted octanol–water partition coefficient (Wildman–Crippen LogP) is 3.18. The lowest BCUT2D eigenvalue weighted by atomic mass is 9.92. The number of alkyl halides is 1. The molecule has 0 bridgehead atoms. The van der Waals surface area contributed by atoms with Crippen LogP contribution >= 0.6 is 23.2 Å². The van der Waals surface area contributed by atoms with Crippen LogP contribution in [-0.2, 0) is 10.2 Å². The third-order valence-corrected chi connectivity index (χ3v) is 3.30. The first-order chi connectivity index (χ1) is 6.69. The van der Waals surface area contributed by atoms with Crippen molar-refractivity contribution >= 4 is 29.0 Å². The van der Waals surface area contributed by atoms with Gasteiger partial charge < -0.3 is 0 Å². The summed E-state index contributed by atoms with van der Waals surface area (Å²) in [7, 11) is 0. The maximum atomic E-state index is 11.6. The highest BCUT2D eigenvalue weighted by Gasteiger charge is 2.49. The Morgan fingerprint density at radius 2 is 1.86 bits per heavy atom. The molecule has 14 heavy (non-hydrogen) atoms. The van der Waals surface area contributed by atoms with Gasteiger partial charge in [0.1, 0.15) is 0 Å². The number of rotatable bonds is 3. The molecule has 0 amide bonds. The molecule has 1 nitrogen and oxygen atoms in total. The number of ketones is 1. The van der Waals surface area contributed by atoms with Crippen LogP contribution in [0.4, 0.5) is 0 Å². The Morgan fingerprint density at radius 1 is 1.29 bits per heavy atom. The zero-order chi connectivity index (χ0) is 10.2. The van der Waals surface area contributed by atoms with Gasteiger partial charge in [-0.2, -0.15) is 0 Å². The number of carbonyl (C=O) groups excluding carboxylic acids is 1. The summed E-state index contributed by atoms with van der Waals surface area (Å²) in [6.07, 6.45) is 1.83. The Kier molecular flexibility index (Phi) is 2.54. The molecule has 1 fully saturated rings. The minimum absolute atomic E-state index is 0.0998. The maximum absolute atomic E-state index is 11.6. The molecule has 2 rings (SSSR count). The quantitative estimate of drug-likeness (QED) is 0.727. The number of carbonyl (C=O) groups is 1. The van der Waals surface area contributed by atoms with Gasteiger partial charge in [0.05, 0.1) is 11.3 Å². The van der Waals surface area contributed by atoms with Crippen LogP contribution in [0.5, 0.6) is 0 Å². The molecule has 1 saturated carbocycles. The Hall–Kier alpha value is -0.530. The van der Waals surface area contributed by atoms with E-state index in [1.807, 2.05) is 24.3 Å². The van der Waals surface area contributed by atoms with E-state index in [-0.39, 0.29) is 17.1 Å². The van der Waals surface area contributed by atoms with Crippen molar-refractivity contribution in [3.63, 3.8) is 0 Å². The average Bonchev–Trinajstić information content (AvgIpc) is 2.99. The Morgan fingerprint density at radius 3 is 2.29 bits per heavy atom. The van der Waals surface area contributed by atoms with Gasteiger partial charge in [0.15, 0.2) is 5.78 Å². The highest BCUT2D eigenvalue weighted by molar-refractivity contribution is 6.30. The SMILES string of the molecule is O=C(CCl)C1(c2ccc(Cl)cc2)CC1. The van der Waals surface area contributed by atoms with Crippen LogP contribution in [0.15, 0.2) is 24.3 Å². The van der Waals surface area contributed by atoms with Gasteiger partial charge in [0.25, 0.3) is 0 Å². The lowest BCUT2D eigenvalue weighted by molar-refractivity contribution is -0.119. The first-order valence-corrected chi connectivity index (χ1v) is 5.45. The Labute approximate surface area is 93.0 Å². The predicted molar refractivity (Wildman–Crippen MR) is 58.1 cm³/mol. The standard InChI is InChI=1S/C11H10Cl2O/c12-7-10(14)11(5-6-11)8-1-3-9(13)4-2-8/h1-4H,5-7H2. The van der Waals surface area contributed by atoms with Crippen molar-refractivity contribution in [2.75, 3.05) is 5.88 Å². The van der Waals surface area contributed by atoms with Gasteiger partial charge in [0.2, 0.25) is 0 Å². The van der Waals surface area contributed by atoms with E-state index in [1.54, 1.807) is 0 Å². The van der Waals surface area contributed by atoms with Crippen molar-refractivity contribution < 1.29 is 4.79 Å². The van der Waals surface area contributed by atoms with E-state index >= 15 is 0 Å². The molecule has 1 aliphatic carbocycles. The zero-order valence-electron chi connectivity index (χ0n) is 7.59. The van der Waals surface area contributed by atoms with E-state index in [4.69, 9.17) is 23.2 Å². The van der Waals surface area contributed by atoms with Crippen molar-refractivity contribution in [3.8, 4) is 0 Å². The second kappa shape index (κ2) is 3.56. The summed E-state index contributed by atoms with van der Waals surface area (Å²) in [4.78, 5) is 11.6. The highest BCUT2D eigenvalue weighted by atomic mass is 35.5. The topological polar surface area (TPSA) is 17.1 Å². The van der Waals surface area contributed by atoms with Crippen molar-refractivity contribution in [2.45, 2.75) is 18.3 Å². The second-order valence-corrected chi connectivity index (χ2v) is 4.35. The summed E-state index contributed by atoms with van der Waals surface area (Å²) < 4.78 is 0. The second-order valence-electron chi connectivity index (χ2n) is 3.65. The fraction of sp³-hybridized carbons (Fsp3) is 0.364. The van der Waals surface area contributed by atoms with Gasteiger partial charge in [-0.25, -0.2) is 0 Å². The van der Waals surface area contributed by atoms with E-state index in [0.29, 0.717) is 5.02 Å². The fourth-order valence-electron chi connectivity index (χ4n) is 1.75. The molecule has 1 aliphatic rings. The van der Waals surface area contributed by atoms with Gasteiger partial charge in [-0.15, -0.1) is 11.6 Å². The molecule has 74 valence electrons. The molecular formula is C11H10Cl2O. The molecule has 0 N–H and O–H groups in total. The monoisotopic (exact) mass is 228 g/mol. The van der Waals surface area contributed by atoms with E-state index in [0.717, 1.165) is 18.4 Å². The molecule has 0 unspecified atom stereocenters. The zero-order valence-corrected chi connectivity index (χ0v) is 9.11. The highest BCUT2D eigenvalue weighted by Crippen LogP contribution is 2.49. The van der Waals surface area contributed by atoms with Crippen LogP contribution in [0.1, 0.15) is 18.4 Å². The number of benzene rings is 1. The number of hydrogen-bond acceptors (Lipinski definition) is 1. The Bertz CT molecular complexity index is 352. The van der Waals surface area contributed by atoms with Crippen LogP contribution in [0.25, 0.3) is 0 Å². The Balaban J connectivity index is 2.31. The van der Waals surface area contributed by atoms with E-state index in [1.165, 1.54) is 0 Å². The van der Waals surface area contributed by atoms with Crippen LogP contribution in [0.2, 0.25) is 5.02 Å². The van der Waals surface area contributed by atoms with Gasteiger partial charge in [0, 0.05) is 5.02 Å². The number of halogens is 2.